The second-order valence-electron chi connectivity index (χ2n) is 7.72. The Morgan fingerprint density at radius 2 is 2.00 bits per heavy atom. The fourth-order valence-electron chi connectivity index (χ4n) is 3.97. The molecule has 1 saturated heterocycles. The van der Waals surface area contributed by atoms with Gasteiger partial charge in [-0.3, -0.25) is 14.5 Å². The fourth-order valence-corrected chi connectivity index (χ4v) is 3.97. The number of carbonyl (C=O) groups is 1. The van der Waals surface area contributed by atoms with Crippen LogP contribution in [0.3, 0.4) is 0 Å². The lowest BCUT2D eigenvalue weighted by Crippen LogP contribution is -2.48. The van der Waals surface area contributed by atoms with E-state index in [4.69, 9.17) is 4.99 Å². The van der Waals surface area contributed by atoms with E-state index < -0.39 is 0 Å². The number of hydrogen-bond donors (Lipinski definition) is 0. The number of carbonyl (C=O) groups excluding carboxylic acids is 1. The van der Waals surface area contributed by atoms with E-state index in [0.29, 0.717) is 19.0 Å². The molecule has 0 bridgehead atoms. The lowest BCUT2D eigenvalue weighted by Gasteiger charge is -2.37. The van der Waals surface area contributed by atoms with Crippen molar-refractivity contribution < 1.29 is 4.79 Å². The zero-order valence-corrected chi connectivity index (χ0v) is 17.0. The van der Waals surface area contributed by atoms with E-state index in [9.17, 15) is 4.79 Å². The number of aromatic nitrogens is 2. The average Bonchev–Trinajstić information content (AvgIpc) is 3.27. The molecular formula is C20H29N7O. The maximum atomic E-state index is 12.6. The molecule has 0 aromatic carbocycles. The molecule has 3 aliphatic rings. The molecule has 1 fully saturated rings. The predicted molar refractivity (Wildman–Crippen MR) is 109 cm³/mol. The molecule has 150 valence electrons. The number of hydrogen-bond acceptors (Lipinski definition) is 6. The number of piperazine rings is 1. The van der Waals surface area contributed by atoms with Crippen molar-refractivity contribution in [3.8, 4) is 0 Å². The molecular weight excluding hydrogens is 354 g/mol. The molecule has 0 unspecified atom stereocenters. The van der Waals surface area contributed by atoms with Gasteiger partial charge in [0.05, 0.1) is 18.1 Å². The quantitative estimate of drug-likeness (QED) is 0.771. The van der Waals surface area contributed by atoms with Crippen LogP contribution < -0.4 is 0 Å². The van der Waals surface area contributed by atoms with Crippen LogP contribution in [0.25, 0.3) is 0 Å². The van der Waals surface area contributed by atoms with E-state index in [1.807, 2.05) is 35.8 Å². The van der Waals surface area contributed by atoms with Gasteiger partial charge in [0.2, 0.25) is 5.91 Å². The van der Waals surface area contributed by atoms with Crippen LogP contribution >= 0.6 is 0 Å². The summed E-state index contributed by atoms with van der Waals surface area (Å²) in [7, 11) is 0. The highest BCUT2D eigenvalue weighted by atomic mass is 16.2. The van der Waals surface area contributed by atoms with Crippen LogP contribution in [-0.4, -0.2) is 81.3 Å². The number of amidine groups is 1. The van der Waals surface area contributed by atoms with E-state index in [1.165, 1.54) is 0 Å². The van der Waals surface area contributed by atoms with Crippen molar-refractivity contribution in [2.45, 2.75) is 46.2 Å². The lowest BCUT2D eigenvalue weighted by molar-refractivity contribution is -0.133. The van der Waals surface area contributed by atoms with E-state index in [1.54, 1.807) is 0 Å². The predicted octanol–water partition coefficient (Wildman–Crippen LogP) is 1.41. The van der Waals surface area contributed by atoms with Gasteiger partial charge in [0.1, 0.15) is 11.7 Å². The van der Waals surface area contributed by atoms with Gasteiger partial charge in [0.15, 0.2) is 0 Å². The van der Waals surface area contributed by atoms with Crippen molar-refractivity contribution in [3.63, 3.8) is 0 Å². The van der Waals surface area contributed by atoms with Crippen molar-refractivity contribution in [1.82, 2.24) is 24.5 Å². The Bertz CT molecular complexity index is 830. The monoisotopic (exact) mass is 383 g/mol. The van der Waals surface area contributed by atoms with Crippen LogP contribution in [0, 0.1) is 13.8 Å². The Morgan fingerprint density at radius 3 is 2.68 bits per heavy atom. The van der Waals surface area contributed by atoms with Crippen LogP contribution in [0.5, 0.6) is 0 Å². The first-order valence-corrected chi connectivity index (χ1v) is 10.2. The Balaban J connectivity index is 1.29. The van der Waals surface area contributed by atoms with Gasteiger partial charge < -0.3 is 14.7 Å². The van der Waals surface area contributed by atoms with Crippen LogP contribution in [-0.2, 0) is 11.3 Å². The Hall–Kier alpha value is -2.64. The Morgan fingerprint density at radius 1 is 1.21 bits per heavy atom. The number of fused-ring (bicyclic) bond motifs is 1. The van der Waals surface area contributed by atoms with Gasteiger partial charge in [-0.1, -0.05) is 6.92 Å². The summed E-state index contributed by atoms with van der Waals surface area (Å²) >= 11 is 0. The summed E-state index contributed by atoms with van der Waals surface area (Å²) in [6.45, 7) is 10.8. The minimum Gasteiger partial charge on any atom is -0.353 e. The van der Waals surface area contributed by atoms with Crippen LogP contribution in [0.15, 0.2) is 27.9 Å². The zero-order chi connectivity index (χ0) is 19.7. The molecule has 28 heavy (non-hydrogen) atoms. The standard InChI is InChI=1S/C20H29N7O/c1-4-17-13-26-14-21-18(12-19(26)22-17)24-7-9-25(10-8-24)20(28)5-6-27-16(3)11-15(2)23-27/h11-12,14,17H,4-10,13H2,1-3H3/t17-/m0/s1. The Kier molecular flexibility index (Phi) is 5.19. The summed E-state index contributed by atoms with van der Waals surface area (Å²) in [5, 5.41) is 4.44. The molecule has 1 atom stereocenters. The summed E-state index contributed by atoms with van der Waals surface area (Å²) < 4.78 is 1.92. The molecule has 0 spiro atoms. The maximum absolute atomic E-state index is 12.6. The first-order valence-electron chi connectivity index (χ1n) is 10.2. The molecule has 0 N–H and O–H groups in total. The fraction of sp³-hybridized carbons (Fsp3) is 0.600. The molecule has 0 aliphatic carbocycles. The molecule has 4 heterocycles. The van der Waals surface area contributed by atoms with Gasteiger partial charge in [0, 0.05) is 57.5 Å². The molecule has 0 saturated carbocycles. The van der Waals surface area contributed by atoms with Gasteiger partial charge in [-0.15, -0.1) is 0 Å². The average molecular weight is 384 g/mol. The zero-order valence-electron chi connectivity index (χ0n) is 17.0. The van der Waals surface area contributed by atoms with Crippen molar-refractivity contribution in [3.05, 3.63) is 29.4 Å². The maximum Gasteiger partial charge on any atom is 0.224 e. The first kappa shape index (κ1) is 18.7. The smallest absolute Gasteiger partial charge is 0.224 e. The number of amides is 1. The van der Waals surface area contributed by atoms with Gasteiger partial charge >= 0.3 is 0 Å². The largest absolute Gasteiger partial charge is 0.353 e. The van der Waals surface area contributed by atoms with Gasteiger partial charge in [-0.25, -0.2) is 4.99 Å². The number of nitrogens with zero attached hydrogens (tertiary/aromatic N) is 7. The molecule has 8 heteroatoms. The topological polar surface area (TPSA) is 69.3 Å². The molecule has 4 rings (SSSR count). The van der Waals surface area contributed by atoms with Crippen molar-refractivity contribution >= 4 is 18.1 Å². The highest BCUT2D eigenvalue weighted by Gasteiger charge is 2.27. The van der Waals surface area contributed by atoms with E-state index in [2.05, 4.69) is 32.9 Å². The van der Waals surface area contributed by atoms with Gasteiger partial charge in [0.25, 0.3) is 0 Å². The van der Waals surface area contributed by atoms with Crippen LogP contribution in [0.2, 0.25) is 0 Å². The molecule has 8 nitrogen and oxygen atoms in total. The summed E-state index contributed by atoms with van der Waals surface area (Å²) in [6.07, 6.45) is 5.52. The molecule has 3 aliphatic heterocycles. The minimum atomic E-state index is 0.199. The third-order valence-corrected chi connectivity index (χ3v) is 5.67. The molecule has 1 amide bonds. The lowest BCUT2D eigenvalue weighted by atomic mass is 10.2. The van der Waals surface area contributed by atoms with Crippen LogP contribution in [0.1, 0.15) is 31.2 Å². The van der Waals surface area contributed by atoms with Gasteiger partial charge in [-0.2, -0.15) is 5.10 Å². The summed E-state index contributed by atoms with van der Waals surface area (Å²) in [5.74, 6) is 2.17. The first-order chi connectivity index (χ1) is 13.5. The number of aryl methyl sites for hydroxylation is 3. The number of aliphatic imine (C=N–C) groups is 2. The highest BCUT2D eigenvalue weighted by molar-refractivity contribution is 6.03. The van der Waals surface area contributed by atoms with Crippen molar-refractivity contribution in [2.24, 2.45) is 9.98 Å². The second-order valence-corrected chi connectivity index (χ2v) is 7.72. The summed E-state index contributed by atoms with van der Waals surface area (Å²) in [5.41, 5.74) is 2.10. The molecule has 1 aromatic heterocycles. The van der Waals surface area contributed by atoms with Gasteiger partial charge in [-0.05, 0) is 26.3 Å². The van der Waals surface area contributed by atoms with Crippen LogP contribution in [0.4, 0.5) is 0 Å². The SMILES string of the molecule is CC[C@H]1CN2C=NC(N3CCN(C(=O)CCn4nc(C)cc4C)CC3)=CC2=N1. The number of rotatable bonds is 5. The van der Waals surface area contributed by atoms with Crippen molar-refractivity contribution in [2.75, 3.05) is 32.7 Å². The molecule has 1 aromatic rings. The highest BCUT2D eigenvalue weighted by Crippen LogP contribution is 2.20. The second kappa shape index (κ2) is 7.77. The third kappa shape index (κ3) is 3.81. The van der Waals surface area contributed by atoms with E-state index >= 15 is 0 Å². The molecule has 0 radical (unpaired) electrons. The summed E-state index contributed by atoms with van der Waals surface area (Å²) in [6, 6.07) is 2.41. The Labute approximate surface area is 166 Å². The normalized spacial score (nSPS) is 21.7. The summed E-state index contributed by atoms with van der Waals surface area (Å²) in [4.78, 5) is 28.3. The third-order valence-electron chi connectivity index (χ3n) is 5.67. The van der Waals surface area contributed by atoms with Crippen molar-refractivity contribution in [1.29, 1.82) is 0 Å². The van der Waals surface area contributed by atoms with E-state index in [0.717, 1.165) is 62.2 Å². The minimum absolute atomic E-state index is 0.199. The van der Waals surface area contributed by atoms with E-state index in [-0.39, 0.29) is 5.91 Å².